The molecule has 0 aromatic rings. The second-order valence-corrected chi connectivity index (χ2v) is 2.80. The largest absolute Gasteiger partial charge is 0.103 e. The lowest BCUT2D eigenvalue weighted by Gasteiger charge is -2.03. The van der Waals surface area contributed by atoms with Gasteiger partial charge in [0.15, 0.2) is 0 Å². The van der Waals surface area contributed by atoms with Crippen LogP contribution in [-0.4, -0.2) is 0 Å². The first kappa shape index (κ1) is 6.85. The summed E-state index contributed by atoms with van der Waals surface area (Å²) >= 11 is 0. The predicted octanol–water partition coefficient (Wildman–Crippen LogP) is 2.96. The van der Waals surface area contributed by atoms with Crippen molar-refractivity contribution in [2.75, 3.05) is 0 Å². The molecule has 1 rings (SSSR count). The van der Waals surface area contributed by atoms with Crippen LogP contribution < -0.4 is 0 Å². The van der Waals surface area contributed by atoms with Crippen LogP contribution in [0.4, 0.5) is 0 Å². The van der Waals surface area contributed by atoms with Gasteiger partial charge in [-0.2, -0.15) is 0 Å². The molecular weight excluding hydrogens is 108 g/mol. The highest BCUT2D eigenvalue weighted by Gasteiger charge is 2.13. The van der Waals surface area contributed by atoms with Gasteiger partial charge in [-0.3, -0.25) is 0 Å². The van der Waals surface area contributed by atoms with Crippen LogP contribution in [0.15, 0.2) is 12.7 Å². The molecule has 0 heterocycles. The summed E-state index contributed by atoms with van der Waals surface area (Å²) in [5.74, 6) is 0.919. The Hall–Kier alpha value is -0.260. The van der Waals surface area contributed by atoms with Crippen LogP contribution in [0.3, 0.4) is 0 Å². The molecule has 1 aliphatic carbocycles. The summed E-state index contributed by atoms with van der Waals surface area (Å²) in [4.78, 5) is 0. The third-order valence-corrected chi connectivity index (χ3v) is 2.04. The molecule has 1 aliphatic rings. The molecule has 1 fully saturated rings. The van der Waals surface area contributed by atoms with Crippen molar-refractivity contribution in [2.45, 2.75) is 32.1 Å². The summed E-state index contributed by atoms with van der Waals surface area (Å²) in [6.45, 7) is 3.69. The van der Waals surface area contributed by atoms with E-state index >= 15 is 0 Å². The molecule has 51 valence electrons. The van der Waals surface area contributed by atoms with Gasteiger partial charge < -0.3 is 0 Å². The van der Waals surface area contributed by atoms with Crippen molar-refractivity contribution in [3.8, 4) is 0 Å². The molecule has 1 radical (unpaired) electrons. The monoisotopic (exact) mass is 123 g/mol. The van der Waals surface area contributed by atoms with E-state index < -0.39 is 0 Å². The van der Waals surface area contributed by atoms with E-state index in [2.05, 4.69) is 13.0 Å². The fraction of sp³-hybridized carbons (Fsp3) is 0.667. The molecule has 0 aliphatic heterocycles. The minimum absolute atomic E-state index is 0.919. The van der Waals surface area contributed by atoms with E-state index in [4.69, 9.17) is 0 Å². The maximum Gasteiger partial charge on any atom is -0.0317 e. The fourth-order valence-electron chi connectivity index (χ4n) is 1.48. The van der Waals surface area contributed by atoms with Gasteiger partial charge in [0.05, 0.1) is 0 Å². The topological polar surface area (TPSA) is 0 Å². The van der Waals surface area contributed by atoms with E-state index in [9.17, 15) is 0 Å². The van der Waals surface area contributed by atoms with E-state index in [0.29, 0.717) is 0 Å². The molecule has 0 atom stereocenters. The lowest BCUT2D eigenvalue weighted by Crippen LogP contribution is -1.91. The second kappa shape index (κ2) is 3.71. The molecule has 0 spiro atoms. The Morgan fingerprint density at radius 1 is 1.33 bits per heavy atom. The van der Waals surface area contributed by atoms with Crippen LogP contribution in [0.1, 0.15) is 32.1 Å². The third-order valence-electron chi connectivity index (χ3n) is 2.04. The van der Waals surface area contributed by atoms with Gasteiger partial charge in [0.2, 0.25) is 0 Å². The van der Waals surface area contributed by atoms with Crippen molar-refractivity contribution in [2.24, 2.45) is 5.92 Å². The van der Waals surface area contributed by atoms with E-state index in [-0.39, 0.29) is 0 Å². The first-order valence-corrected chi connectivity index (χ1v) is 3.87. The summed E-state index contributed by atoms with van der Waals surface area (Å²) in [6, 6.07) is 0. The molecule has 0 unspecified atom stereocenters. The van der Waals surface area contributed by atoms with Crippen LogP contribution in [0.2, 0.25) is 0 Å². The quantitative estimate of drug-likeness (QED) is 0.506. The van der Waals surface area contributed by atoms with Gasteiger partial charge in [0.25, 0.3) is 0 Å². The highest BCUT2D eigenvalue weighted by molar-refractivity contribution is 4.86. The lowest BCUT2D eigenvalue weighted by atomic mass is 10.0. The van der Waals surface area contributed by atoms with E-state index in [1.165, 1.54) is 25.7 Å². The zero-order chi connectivity index (χ0) is 6.53. The van der Waals surface area contributed by atoms with Gasteiger partial charge in [-0.25, -0.2) is 0 Å². The Kier molecular flexibility index (Phi) is 2.82. The van der Waals surface area contributed by atoms with Crippen LogP contribution in [0.25, 0.3) is 0 Å². The Labute approximate surface area is 58.0 Å². The van der Waals surface area contributed by atoms with Crippen LogP contribution in [0.5, 0.6) is 0 Å². The summed E-state index contributed by atoms with van der Waals surface area (Å²) in [6.07, 6.45) is 11.2. The number of hydrogen-bond donors (Lipinski definition) is 0. The van der Waals surface area contributed by atoms with Gasteiger partial charge in [-0.15, -0.1) is 6.58 Å². The molecule has 0 saturated heterocycles. The summed E-state index contributed by atoms with van der Waals surface area (Å²) < 4.78 is 0. The Balaban J connectivity index is 2.04. The third kappa shape index (κ3) is 2.21. The first-order chi connectivity index (χ1) is 4.43. The highest BCUT2D eigenvalue weighted by atomic mass is 14.2. The molecule has 0 nitrogen and oxygen atoms in total. The lowest BCUT2D eigenvalue weighted by molar-refractivity contribution is 0.622. The average Bonchev–Trinajstić information content (AvgIpc) is 2.34. The van der Waals surface area contributed by atoms with Gasteiger partial charge >= 0.3 is 0 Å². The van der Waals surface area contributed by atoms with Crippen LogP contribution in [-0.2, 0) is 0 Å². The van der Waals surface area contributed by atoms with E-state index in [0.717, 1.165) is 12.3 Å². The molecule has 0 heteroatoms. The average molecular weight is 123 g/mol. The van der Waals surface area contributed by atoms with Crippen molar-refractivity contribution < 1.29 is 0 Å². The van der Waals surface area contributed by atoms with Crippen molar-refractivity contribution in [3.05, 3.63) is 19.1 Å². The maximum atomic E-state index is 3.69. The predicted molar refractivity (Wildman–Crippen MR) is 41.1 cm³/mol. The second-order valence-electron chi connectivity index (χ2n) is 2.80. The van der Waals surface area contributed by atoms with Crippen LogP contribution in [0, 0.1) is 12.3 Å². The molecular formula is C9H15. The van der Waals surface area contributed by atoms with Crippen molar-refractivity contribution >= 4 is 0 Å². The summed E-state index contributed by atoms with van der Waals surface area (Å²) in [7, 11) is 0. The van der Waals surface area contributed by atoms with Crippen molar-refractivity contribution in [1.82, 2.24) is 0 Å². The number of hydrogen-bond acceptors (Lipinski definition) is 0. The zero-order valence-corrected chi connectivity index (χ0v) is 5.97. The van der Waals surface area contributed by atoms with Gasteiger partial charge in [0, 0.05) is 0 Å². The number of rotatable bonds is 3. The highest BCUT2D eigenvalue weighted by Crippen LogP contribution is 2.27. The molecule has 0 N–H and O–H groups in total. The van der Waals surface area contributed by atoms with E-state index in [1.807, 2.05) is 6.08 Å². The van der Waals surface area contributed by atoms with Gasteiger partial charge in [-0.1, -0.05) is 31.8 Å². The molecule has 0 amide bonds. The summed E-state index contributed by atoms with van der Waals surface area (Å²) in [5.41, 5.74) is 0. The molecule has 0 aromatic heterocycles. The van der Waals surface area contributed by atoms with E-state index in [1.54, 1.807) is 0 Å². The maximum absolute atomic E-state index is 3.69. The van der Waals surface area contributed by atoms with Crippen LogP contribution >= 0.6 is 0 Å². The van der Waals surface area contributed by atoms with Gasteiger partial charge in [0.1, 0.15) is 0 Å². The molecule has 9 heavy (non-hydrogen) atoms. The molecule has 0 bridgehead atoms. The minimum Gasteiger partial charge on any atom is -0.103 e. The Morgan fingerprint density at radius 2 is 2.00 bits per heavy atom. The van der Waals surface area contributed by atoms with Crippen molar-refractivity contribution in [1.29, 1.82) is 0 Å². The number of allylic oxidation sites excluding steroid dienone is 1. The Morgan fingerprint density at radius 3 is 2.56 bits per heavy atom. The normalized spacial score (nSPS) is 20.4. The fourth-order valence-corrected chi connectivity index (χ4v) is 1.48. The SMILES string of the molecule is C=CC[CH]C1CCCC1. The smallest absolute Gasteiger partial charge is 0.0317 e. The minimum atomic E-state index is 0.919. The van der Waals surface area contributed by atoms with Crippen molar-refractivity contribution in [3.63, 3.8) is 0 Å². The standard InChI is InChI=1S/C9H15/c1-2-3-6-9-7-4-5-8-9/h2,6,9H,1,3-5,7-8H2. The summed E-state index contributed by atoms with van der Waals surface area (Å²) in [5, 5.41) is 0. The Bertz CT molecular complexity index is 78.0. The zero-order valence-electron chi connectivity index (χ0n) is 5.97. The first-order valence-electron chi connectivity index (χ1n) is 3.87. The molecule has 0 aromatic carbocycles. The molecule has 1 saturated carbocycles. The van der Waals surface area contributed by atoms with Gasteiger partial charge in [-0.05, 0) is 18.8 Å².